The quantitative estimate of drug-likeness (QED) is 0.739. The molecule has 0 saturated heterocycles. The van der Waals surface area contributed by atoms with Crippen molar-refractivity contribution in [2.45, 2.75) is 0 Å². The number of hydrogen-bond acceptors (Lipinski definition) is 5. The highest BCUT2D eigenvalue weighted by Gasteiger charge is 2.14. The number of pyridine rings is 1. The van der Waals surface area contributed by atoms with Crippen molar-refractivity contribution < 1.29 is 14.2 Å². The second-order valence-corrected chi connectivity index (χ2v) is 5.36. The predicted molar refractivity (Wildman–Crippen MR) is 89.4 cm³/mol. The number of methoxy groups -OCH3 is 1. The largest absolute Gasteiger partial charge is 0.506 e. The number of phenols is 1. The van der Waals surface area contributed by atoms with E-state index >= 15 is 0 Å². The Morgan fingerprint density at radius 2 is 2.12 bits per heavy atom. The standard InChI is InChI=1S/C17H11ClFN3O2/c1-24-10-2-3-11-14(4-10)21-8-9(7-20)17(11)22-15-6-16(23)12(18)5-13(15)19/h2-6,8,23H,1H3,(H,21,22). The van der Waals surface area contributed by atoms with Gasteiger partial charge in [0.05, 0.1) is 34.6 Å². The van der Waals surface area contributed by atoms with Gasteiger partial charge < -0.3 is 15.2 Å². The maximum absolute atomic E-state index is 14.1. The van der Waals surface area contributed by atoms with Crippen LogP contribution in [0.15, 0.2) is 36.5 Å². The molecule has 120 valence electrons. The van der Waals surface area contributed by atoms with Crippen molar-refractivity contribution in [3.05, 3.63) is 52.9 Å². The average Bonchev–Trinajstić information content (AvgIpc) is 2.59. The van der Waals surface area contributed by atoms with Crippen molar-refractivity contribution in [1.82, 2.24) is 4.98 Å². The summed E-state index contributed by atoms with van der Waals surface area (Å²) in [6.45, 7) is 0. The summed E-state index contributed by atoms with van der Waals surface area (Å²) in [4.78, 5) is 4.21. The van der Waals surface area contributed by atoms with Crippen LogP contribution in [0.5, 0.6) is 11.5 Å². The molecule has 2 N–H and O–H groups in total. The number of aromatic nitrogens is 1. The van der Waals surface area contributed by atoms with Crippen LogP contribution in [0.4, 0.5) is 15.8 Å². The molecule has 0 unspecified atom stereocenters. The fourth-order valence-corrected chi connectivity index (χ4v) is 2.44. The average molecular weight is 344 g/mol. The molecule has 24 heavy (non-hydrogen) atoms. The second-order valence-electron chi connectivity index (χ2n) is 4.95. The Balaban J connectivity index is 2.18. The first-order chi connectivity index (χ1) is 11.5. The molecule has 0 bridgehead atoms. The van der Waals surface area contributed by atoms with E-state index in [1.807, 2.05) is 6.07 Å². The van der Waals surface area contributed by atoms with Gasteiger partial charge in [0.15, 0.2) is 0 Å². The number of nitriles is 1. The highest BCUT2D eigenvalue weighted by molar-refractivity contribution is 6.32. The monoisotopic (exact) mass is 343 g/mol. The Kier molecular flexibility index (Phi) is 4.11. The van der Waals surface area contributed by atoms with Crippen LogP contribution in [-0.2, 0) is 0 Å². The molecule has 0 radical (unpaired) electrons. The van der Waals surface area contributed by atoms with E-state index in [-0.39, 0.29) is 22.0 Å². The van der Waals surface area contributed by atoms with Crippen molar-refractivity contribution in [3.63, 3.8) is 0 Å². The molecular weight excluding hydrogens is 333 g/mol. The SMILES string of the molecule is COc1ccc2c(Nc3cc(O)c(Cl)cc3F)c(C#N)cnc2c1. The molecule has 0 aliphatic heterocycles. The Bertz CT molecular complexity index is 986. The van der Waals surface area contributed by atoms with E-state index in [1.165, 1.54) is 13.3 Å². The van der Waals surface area contributed by atoms with Crippen LogP contribution in [-0.4, -0.2) is 17.2 Å². The number of benzene rings is 2. The minimum atomic E-state index is -0.653. The van der Waals surface area contributed by atoms with Crippen LogP contribution in [0.3, 0.4) is 0 Å². The third kappa shape index (κ3) is 2.77. The number of halogens is 2. The Morgan fingerprint density at radius 1 is 1.33 bits per heavy atom. The van der Waals surface area contributed by atoms with Gasteiger partial charge >= 0.3 is 0 Å². The first-order valence-corrected chi connectivity index (χ1v) is 7.23. The minimum Gasteiger partial charge on any atom is -0.506 e. The smallest absolute Gasteiger partial charge is 0.148 e. The third-order valence-corrected chi connectivity index (χ3v) is 3.80. The van der Waals surface area contributed by atoms with Gasteiger partial charge in [-0.2, -0.15) is 5.26 Å². The lowest BCUT2D eigenvalue weighted by atomic mass is 10.1. The van der Waals surface area contributed by atoms with Crippen molar-refractivity contribution in [1.29, 1.82) is 5.26 Å². The van der Waals surface area contributed by atoms with E-state index in [2.05, 4.69) is 10.3 Å². The van der Waals surface area contributed by atoms with Gasteiger partial charge in [0.25, 0.3) is 0 Å². The number of hydrogen-bond donors (Lipinski definition) is 2. The lowest BCUT2D eigenvalue weighted by molar-refractivity contribution is 0.415. The summed E-state index contributed by atoms with van der Waals surface area (Å²) >= 11 is 5.68. The van der Waals surface area contributed by atoms with Crippen molar-refractivity contribution >= 4 is 33.9 Å². The summed E-state index contributed by atoms with van der Waals surface area (Å²) in [6.07, 6.45) is 1.39. The van der Waals surface area contributed by atoms with Crippen LogP contribution in [0.2, 0.25) is 5.02 Å². The van der Waals surface area contributed by atoms with Gasteiger partial charge in [0.2, 0.25) is 0 Å². The van der Waals surface area contributed by atoms with Crippen LogP contribution in [0.25, 0.3) is 10.9 Å². The summed E-state index contributed by atoms with van der Waals surface area (Å²) in [7, 11) is 1.54. The van der Waals surface area contributed by atoms with Crippen molar-refractivity contribution in [2.24, 2.45) is 0 Å². The van der Waals surface area contributed by atoms with Gasteiger partial charge in [0.1, 0.15) is 23.4 Å². The highest BCUT2D eigenvalue weighted by atomic mass is 35.5. The number of phenolic OH excluding ortho intramolecular Hbond substituents is 1. The van der Waals surface area contributed by atoms with Gasteiger partial charge in [-0.25, -0.2) is 4.39 Å². The lowest BCUT2D eigenvalue weighted by Gasteiger charge is -2.13. The van der Waals surface area contributed by atoms with Crippen LogP contribution < -0.4 is 10.1 Å². The van der Waals surface area contributed by atoms with Gasteiger partial charge in [-0.15, -0.1) is 0 Å². The summed E-state index contributed by atoms with van der Waals surface area (Å²) in [5, 5.41) is 22.3. The summed E-state index contributed by atoms with van der Waals surface area (Å²) in [5.74, 6) is -0.305. The molecule has 0 aliphatic carbocycles. The van der Waals surface area contributed by atoms with Crippen molar-refractivity contribution in [3.8, 4) is 17.6 Å². The maximum atomic E-state index is 14.1. The van der Waals surface area contributed by atoms with Gasteiger partial charge in [-0.3, -0.25) is 4.98 Å². The van der Waals surface area contributed by atoms with E-state index in [1.54, 1.807) is 18.2 Å². The number of ether oxygens (including phenoxy) is 1. The molecule has 5 nitrogen and oxygen atoms in total. The first kappa shape index (κ1) is 15.8. The summed E-state index contributed by atoms with van der Waals surface area (Å²) in [6, 6.07) is 9.31. The Morgan fingerprint density at radius 3 is 2.83 bits per heavy atom. The number of nitrogens with one attached hydrogen (secondary N) is 1. The van der Waals surface area contributed by atoms with Crippen LogP contribution >= 0.6 is 11.6 Å². The number of anilines is 2. The fourth-order valence-electron chi connectivity index (χ4n) is 2.29. The predicted octanol–water partition coefficient (Wildman–Crippen LogP) is 4.36. The first-order valence-electron chi connectivity index (χ1n) is 6.85. The molecule has 7 heteroatoms. The van der Waals surface area contributed by atoms with E-state index in [0.717, 1.165) is 12.1 Å². The highest BCUT2D eigenvalue weighted by Crippen LogP contribution is 2.35. The zero-order valence-electron chi connectivity index (χ0n) is 12.5. The fraction of sp³-hybridized carbons (Fsp3) is 0.0588. The van der Waals surface area contributed by atoms with Crippen LogP contribution in [0, 0.1) is 17.1 Å². The Labute approximate surface area is 141 Å². The number of nitrogens with zero attached hydrogens (tertiary/aromatic N) is 2. The summed E-state index contributed by atoms with van der Waals surface area (Å²) < 4.78 is 19.2. The minimum absolute atomic E-state index is 0.00304. The summed E-state index contributed by atoms with van der Waals surface area (Å²) in [5.41, 5.74) is 1.19. The third-order valence-electron chi connectivity index (χ3n) is 3.49. The molecule has 2 aromatic carbocycles. The maximum Gasteiger partial charge on any atom is 0.148 e. The molecular formula is C17H11ClFN3O2. The van der Waals surface area contributed by atoms with E-state index < -0.39 is 5.82 Å². The lowest BCUT2D eigenvalue weighted by Crippen LogP contribution is -1.99. The molecule has 1 heterocycles. The van der Waals surface area contributed by atoms with Gasteiger partial charge in [0, 0.05) is 23.7 Å². The Hall–Kier alpha value is -3.04. The molecule has 0 amide bonds. The molecule has 3 aromatic rings. The van der Waals surface area contributed by atoms with E-state index in [4.69, 9.17) is 16.3 Å². The zero-order chi connectivity index (χ0) is 17.3. The molecule has 0 saturated carbocycles. The number of aromatic hydroxyl groups is 1. The number of rotatable bonds is 3. The normalized spacial score (nSPS) is 10.4. The van der Waals surface area contributed by atoms with E-state index in [9.17, 15) is 14.8 Å². The van der Waals surface area contributed by atoms with Gasteiger partial charge in [-0.05, 0) is 18.2 Å². The molecule has 1 aromatic heterocycles. The topological polar surface area (TPSA) is 78.2 Å². The second kappa shape index (κ2) is 6.22. The molecule has 0 spiro atoms. The van der Waals surface area contributed by atoms with Crippen molar-refractivity contribution in [2.75, 3.05) is 12.4 Å². The van der Waals surface area contributed by atoms with Crippen LogP contribution in [0.1, 0.15) is 5.56 Å². The number of fused-ring (bicyclic) bond motifs is 1. The van der Waals surface area contributed by atoms with E-state index in [0.29, 0.717) is 22.3 Å². The molecule has 3 rings (SSSR count). The van der Waals surface area contributed by atoms with Gasteiger partial charge in [-0.1, -0.05) is 11.6 Å². The molecule has 0 atom stereocenters. The molecule has 0 fully saturated rings. The zero-order valence-corrected chi connectivity index (χ0v) is 13.2. The molecule has 0 aliphatic rings.